The predicted octanol–water partition coefficient (Wildman–Crippen LogP) is 6.38. The quantitative estimate of drug-likeness (QED) is 0.316. The number of halogens is 3. The number of hydrogen-bond acceptors (Lipinski definition) is 4. The van der Waals surface area contributed by atoms with Crippen molar-refractivity contribution in [1.82, 2.24) is 9.29 Å². The van der Waals surface area contributed by atoms with Crippen molar-refractivity contribution in [2.45, 2.75) is 18.4 Å². The van der Waals surface area contributed by atoms with Gasteiger partial charge in [-0.25, -0.2) is 12.4 Å². The fraction of sp³-hybridized carbons (Fsp3) is 0.130. The first-order valence-electron chi connectivity index (χ1n) is 9.62. The maximum absolute atomic E-state index is 13.4. The van der Waals surface area contributed by atoms with E-state index in [0.29, 0.717) is 22.1 Å². The molecule has 0 aliphatic heterocycles. The van der Waals surface area contributed by atoms with E-state index in [2.05, 4.69) is 10.6 Å². The molecule has 168 valence electrons. The first kappa shape index (κ1) is 24.4. The number of anilines is 2. The van der Waals surface area contributed by atoms with Crippen molar-refractivity contribution in [1.29, 1.82) is 0 Å². The van der Waals surface area contributed by atoms with Crippen LogP contribution in [-0.2, 0) is 16.6 Å². The van der Waals surface area contributed by atoms with Gasteiger partial charge in [0, 0.05) is 28.8 Å². The molecule has 32 heavy (non-hydrogen) atoms. The molecule has 9 heteroatoms. The number of benzene rings is 3. The van der Waals surface area contributed by atoms with Gasteiger partial charge in [-0.15, -0.1) is 12.4 Å². The smallest absolute Gasteiger partial charge is 0.268 e. The van der Waals surface area contributed by atoms with Crippen LogP contribution in [0, 0.1) is 6.92 Å². The Hall–Kier alpha value is -2.22. The van der Waals surface area contributed by atoms with Crippen LogP contribution in [0.3, 0.4) is 0 Å². The van der Waals surface area contributed by atoms with E-state index < -0.39 is 10.0 Å². The third kappa shape index (κ3) is 4.75. The van der Waals surface area contributed by atoms with Gasteiger partial charge >= 0.3 is 0 Å². The van der Waals surface area contributed by atoms with Crippen LogP contribution in [0.25, 0.3) is 10.9 Å². The molecule has 0 aliphatic rings. The Bertz CT molecular complexity index is 1380. The van der Waals surface area contributed by atoms with Gasteiger partial charge in [0.05, 0.1) is 21.1 Å². The maximum Gasteiger partial charge on any atom is 0.268 e. The fourth-order valence-electron chi connectivity index (χ4n) is 3.49. The molecule has 2 N–H and O–H groups in total. The van der Waals surface area contributed by atoms with Crippen LogP contribution in [0.4, 0.5) is 11.4 Å². The van der Waals surface area contributed by atoms with Crippen molar-refractivity contribution in [3.63, 3.8) is 0 Å². The van der Waals surface area contributed by atoms with E-state index in [0.717, 1.165) is 27.9 Å². The first-order valence-corrected chi connectivity index (χ1v) is 11.8. The van der Waals surface area contributed by atoms with Gasteiger partial charge in [-0.3, -0.25) is 0 Å². The van der Waals surface area contributed by atoms with Crippen LogP contribution < -0.4 is 10.6 Å². The number of nitrogens with one attached hydrogen (secondary N) is 2. The highest BCUT2D eigenvalue weighted by Crippen LogP contribution is 2.32. The molecule has 4 rings (SSSR count). The second kappa shape index (κ2) is 9.73. The van der Waals surface area contributed by atoms with E-state index in [-0.39, 0.29) is 17.3 Å². The van der Waals surface area contributed by atoms with E-state index >= 15 is 0 Å². The zero-order chi connectivity index (χ0) is 22.2. The zero-order valence-electron chi connectivity index (χ0n) is 17.4. The van der Waals surface area contributed by atoms with Crippen LogP contribution in [0.5, 0.6) is 0 Å². The number of rotatable bonds is 6. The van der Waals surface area contributed by atoms with Gasteiger partial charge in [-0.2, -0.15) is 0 Å². The van der Waals surface area contributed by atoms with Gasteiger partial charge < -0.3 is 10.6 Å². The minimum atomic E-state index is -3.84. The summed E-state index contributed by atoms with van der Waals surface area (Å²) in [5, 5.41) is 8.19. The molecule has 0 saturated carbocycles. The second-order valence-corrected chi connectivity index (χ2v) is 9.94. The van der Waals surface area contributed by atoms with E-state index in [9.17, 15) is 8.42 Å². The van der Waals surface area contributed by atoms with E-state index in [4.69, 9.17) is 23.2 Å². The molecule has 0 amide bonds. The van der Waals surface area contributed by atoms with Gasteiger partial charge in [0.25, 0.3) is 10.0 Å². The molecular formula is C23H22Cl3N3O2S. The standard InChI is InChI=1S/C23H21Cl2N3O2S.ClH/c1-15-6-9-22(21(25)10-15)27-18-7-8-20-16(13-26-2)14-28(23(20)12-18)31(29,30)19-5-3-4-17(24)11-19;/h3-12,14,26-27H,13H2,1-2H3;1H. The summed E-state index contributed by atoms with van der Waals surface area (Å²) in [6.45, 7) is 2.50. The lowest BCUT2D eigenvalue weighted by atomic mass is 10.1. The van der Waals surface area contributed by atoms with Gasteiger partial charge in [-0.1, -0.05) is 41.4 Å². The minimum Gasteiger partial charge on any atom is -0.354 e. The molecule has 0 bridgehead atoms. The van der Waals surface area contributed by atoms with E-state index in [1.165, 1.54) is 10.0 Å². The highest BCUT2D eigenvalue weighted by atomic mass is 35.5. The molecular weight excluding hydrogens is 489 g/mol. The molecule has 0 atom stereocenters. The molecule has 1 aromatic heterocycles. The zero-order valence-corrected chi connectivity index (χ0v) is 20.5. The van der Waals surface area contributed by atoms with Gasteiger partial charge in [-0.05, 0) is 67.6 Å². The van der Waals surface area contributed by atoms with Crippen LogP contribution >= 0.6 is 35.6 Å². The number of aromatic nitrogens is 1. The average molecular weight is 511 g/mol. The molecule has 0 fully saturated rings. The lowest BCUT2D eigenvalue weighted by molar-refractivity contribution is 0.589. The third-order valence-electron chi connectivity index (χ3n) is 4.98. The van der Waals surface area contributed by atoms with Crippen molar-refractivity contribution < 1.29 is 8.42 Å². The van der Waals surface area contributed by atoms with Crippen LogP contribution in [0.15, 0.2) is 71.8 Å². The highest BCUT2D eigenvalue weighted by molar-refractivity contribution is 7.90. The number of nitrogens with zero attached hydrogens (tertiary/aromatic N) is 1. The fourth-order valence-corrected chi connectivity index (χ4v) is 5.46. The lowest BCUT2D eigenvalue weighted by Crippen LogP contribution is -2.12. The molecule has 0 spiro atoms. The summed E-state index contributed by atoms with van der Waals surface area (Å²) in [5.41, 5.74) is 3.98. The Morgan fingerprint density at radius 2 is 1.78 bits per heavy atom. The number of hydrogen-bond donors (Lipinski definition) is 2. The summed E-state index contributed by atoms with van der Waals surface area (Å²) in [5.74, 6) is 0. The molecule has 1 heterocycles. The molecule has 5 nitrogen and oxygen atoms in total. The second-order valence-electron chi connectivity index (χ2n) is 7.28. The molecule has 0 radical (unpaired) electrons. The van der Waals surface area contributed by atoms with Crippen molar-refractivity contribution in [3.8, 4) is 0 Å². The van der Waals surface area contributed by atoms with Crippen molar-refractivity contribution in [2.24, 2.45) is 0 Å². The van der Waals surface area contributed by atoms with E-state index in [1.54, 1.807) is 24.4 Å². The molecule has 3 aromatic carbocycles. The lowest BCUT2D eigenvalue weighted by Gasteiger charge is -2.11. The topological polar surface area (TPSA) is 63.1 Å². The van der Waals surface area contributed by atoms with E-state index in [1.807, 2.05) is 50.4 Å². The number of aryl methyl sites for hydroxylation is 1. The van der Waals surface area contributed by atoms with Gasteiger partial charge in [0.1, 0.15) is 0 Å². The molecule has 0 saturated heterocycles. The van der Waals surface area contributed by atoms with Crippen LogP contribution in [-0.4, -0.2) is 19.4 Å². The Morgan fingerprint density at radius 1 is 1.00 bits per heavy atom. The first-order chi connectivity index (χ1) is 14.8. The van der Waals surface area contributed by atoms with Gasteiger partial charge in [0.15, 0.2) is 0 Å². The Labute approximate surface area is 203 Å². The molecule has 0 unspecified atom stereocenters. The number of fused-ring (bicyclic) bond motifs is 1. The Morgan fingerprint density at radius 3 is 2.47 bits per heavy atom. The van der Waals surface area contributed by atoms with Crippen molar-refractivity contribution in [2.75, 3.05) is 12.4 Å². The minimum absolute atomic E-state index is 0. The summed E-state index contributed by atoms with van der Waals surface area (Å²) in [4.78, 5) is 0.132. The third-order valence-corrected chi connectivity index (χ3v) is 7.20. The largest absolute Gasteiger partial charge is 0.354 e. The van der Waals surface area contributed by atoms with Crippen molar-refractivity contribution >= 4 is 67.9 Å². The summed E-state index contributed by atoms with van der Waals surface area (Å²) in [6, 6.07) is 17.6. The van der Waals surface area contributed by atoms with Crippen LogP contribution in [0.2, 0.25) is 10.0 Å². The summed E-state index contributed by atoms with van der Waals surface area (Å²) < 4.78 is 28.2. The average Bonchev–Trinajstić information content (AvgIpc) is 3.09. The molecule has 0 aliphatic carbocycles. The predicted molar refractivity (Wildman–Crippen MR) is 135 cm³/mol. The van der Waals surface area contributed by atoms with Gasteiger partial charge in [0.2, 0.25) is 0 Å². The highest BCUT2D eigenvalue weighted by Gasteiger charge is 2.22. The Kier molecular flexibility index (Phi) is 7.43. The Balaban J connectivity index is 0.00000289. The van der Waals surface area contributed by atoms with Crippen LogP contribution in [0.1, 0.15) is 11.1 Å². The summed E-state index contributed by atoms with van der Waals surface area (Å²) in [7, 11) is -2.01. The summed E-state index contributed by atoms with van der Waals surface area (Å²) in [6.07, 6.45) is 1.65. The molecule has 4 aromatic rings. The maximum atomic E-state index is 13.4. The summed E-state index contributed by atoms with van der Waals surface area (Å²) >= 11 is 12.4. The van der Waals surface area contributed by atoms with Crippen molar-refractivity contribution in [3.05, 3.63) is 88.0 Å². The normalized spacial score (nSPS) is 11.4. The monoisotopic (exact) mass is 509 g/mol. The SMILES string of the molecule is CNCc1cn(S(=O)(=O)c2cccc(Cl)c2)c2cc(Nc3ccc(C)cc3Cl)ccc12.Cl.